The maximum absolute atomic E-state index is 12.2. The van der Waals surface area contributed by atoms with Gasteiger partial charge in [-0.25, -0.2) is 9.97 Å². The number of aromatic nitrogens is 4. The number of anilines is 1. The molecule has 1 aliphatic heterocycles. The summed E-state index contributed by atoms with van der Waals surface area (Å²) in [7, 11) is 0. The van der Waals surface area contributed by atoms with Crippen LogP contribution >= 0.6 is 0 Å². The number of morpholine rings is 1. The first kappa shape index (κ1) is 15.7. The van der Waals surface area contributed by atoms with Gasteiger partial charge in [-0.1, -0.05) is 5.16 Å². The largest absolute Gasteiger partial charge is 0.389 e. The lowest BCUT2D eigenvalue weighted by Crippen LogP contribution is -2.36. The summed E-state index contributed by atoms with van der Waals surface area (Å²) in [5, 5.41) is 3.56. The summed E-state index contributed by atoms with van der Waals surface area (Å²) in [6.07, 6.45) is -4.21. The standard InChI is InChI=1S/C13H14F3N5O2/c14-13(15,16)2-1-10-19-12(23-20-10)9-7-11(18-8-17-9)21-3-5-22-6-4-21/h7-8H,1-6H2. The van der Waals surface area contributed by atoms with Crippen LogP contribution in [0.5, 0.6) is 0 Å². The Morgan fingerprint density at radius 1 is 1.17 bits per heavy atom. The highest BCUT2D eigenvalue weighted by atomic mass is 19.4. The molecule has 0 aliphatic carbocycles. The van der Waals surface area contributed by atoms with Crippen LogP contribution in [0.15, 0.2) is 16.9 Å². The van der Waals surface area contributed by atoms with E-state index in [9.17, 15) is 13.2 Å². The minimum atomic E-state index is -4.25. The fourth-order valence-corrected chi connectivity index (χ4v) is 2.14. The number of alkyl halides is 3. The zero-order valence-corrected chi connectivity index (χ0v) is 12.1. The van der Waals surface area contributed by atoms with Crippen molar-refractivity contribution in [3.8, 4) is 11.6 Å². The molecule has 2 aromatic rings. The van der Waals surface area contributed by atoms with Crippen molar-refractivity contribution in [1.29, 1.82) is 0 Å². The number of ether oxygens (including phenoxy) is 1. The lowest BCUT2D eigenvalue weighted by molar-refractivity contribution is -0.134. The summed E-state index contributed by atoms with van der Waals surface area (Å²) in [6, 6.07) is 1.67. The molecule has 10 heteroatoms. The van der Waals surface area contributed by atoms with Crippen LogP contribution in [0.4, 0.5) is 19.0 Å². The molecular formula is C13H14F3N5O2. The van der Waals surface area contributed by atoms with Crippen LogP contribution in [-0.4, -0.2) is 52.6 Å². The number of nitrogens with zero attached hydrogens (tertiary/aromatic N) is 5. The number of hydrogen-bond donors (Lipinski definition) is 0. The van der Waals surface area contributed by atoms with Gasteiger partial charge >= 0.3 is 6.18 Å². The summed E-state index contributed by atoms with van der Waals surface area (Å²) < 4.78 is 46.9. The molecule has 2 aromatic heterocycles. The predicted octanol–water partition coefficient (Wildman–Crippen LogP) is 1.86. The second kappa shape index (κ2) is 6.49. The molecule has 0 amide bonds. The first-order valence-corrected chi connectivity index (χ1v) is 7.06. The van der Waals surface area contributed by atoms with Crippen LogP contribution in [0, 0.1) is 0 Å². The Bertz CT molecular complexity index is 655. The van der Waals surface area contributed by atoms with E-state index in [2.05, 4.69) is 20.1 Å². The van der Waals surface area contributed by atoms with Crippen molar-refractivity contribution in [2.24, 2.45) is 0 Å². The van der Waals surface area contributed by atoms with E-state index in [1.54, 1.807) is 6.07 Å². The molecule has 0 aromatic carbocycles. The average Bonchev–Trinajstić information content (AvgIpc) is 3.02. The molecule has 0 spiro atoms. The van der Waals surface area contributed by atoms with Crippen molar-refractivity contribution in [2.45, 2.75) is 19.0 Å². The Morgan fingerprint density at radius 3 is 2.70 bits per heavy atom. The van der Waals surface area contributed by atoms with Gasteiger partial charge in [0, 0.05) is 25.6 Å². The van der Waals surface area contributed by atoms with E-state index in [1.807, 2.05) is 4.90 Å². The predicted molar refractivity (Wildman–Crippen MR) is 72.7 cm³/mol. The zero-order chi connectivity index (χ0) is 16.3. The molecule has 23 heavy (non-hydrogen) atoms. The minimum Gasteiger partial charge on any atom is -0.378 e. The van der Waals surface area contributed by atoms with Gasteiger partial charge in [0.2, 0.25) is 0 Å². The fraction of sp³-hybridized carbons (Fsp3) is 0.538. The number of halogens is 3. The van der Waals surface area contributed by atoms with Crippen LogP contribution in [0.1, 0.15) is 12.2 Å². The van der Waals surface area contributed by atoms with Gasteiger partial charge < -0.3 is 14.2 Å². The smallest absolute Gasteiger partial charge is 0.378 e. The molecular weight excluding hydrogens is 315 g/mol. The maximum atomic E-state index is 12.2. The van der Waals surface area contributed by atoms with E-state index in [0.29, 0.717) is 37.8 Å². The van der Waals surface area contributed by atoms with E-state index < -0.39 is 12.6 Å². The van der Waals surface area contributed by atoms with Crippen LogP contribution in [0.2, 0.25) is 0 Å². The van der Waals surface area contributed by atoms with Gasteiger partial charge in [-0.2, -0.15) is 18.2 Å². The maximum Gasteiger partial charge on any atom is 0.389 e. The molecule has 0 saturated carbocycles. The fourth-order valence-electron chi connectivity index (χ4n) is 2.14. The Kier molecular flexibility index (Phi) is 4.42. The summed E-state index contributed by atoms with van der Waals surface area (Å²) in [4.78, 5) is 14.2. The molecule has 0 N–H and O–H groups in total. The second-order valence-electron chi connectivity index (χ2n) is 4.99. The second-order valence-corrected chi connectivity index (χ2v) is 4.99. The molecule has 0 unspecified atom stereocenters. The molecule has 124 valence electrons. The van der Waals surface area contributed by atoms with Crippen molar-refractivity contribution in [2.75, 3.05) is 31.2 Å². The summed E-state index contributed by atoms with van der Waals surface area (Å²) in [5.41, 5.74) is 0.382. The van der Waals surface area contributed by atoms with Crippen LogP contribution in [-0.2, 0) is 11.2 Å². The molecule has 0 atom stereocenters. The van der Waals surface area contributed by atoms with Crippen LogP contribution in [0.25, 0.3) is 11.6 Å². The third kappa shape index (κ3) is 4.15. The van der Waals surface area contributed by atoms with Gasteiger partial charge in [0.1, 0.15) is 17.8 Å². The van der Waals surface area contributed by atoms with E-state index >= 15 is 0 Å². The van der Waals surface area contributed by atoms with E-state index in [0.717, 1.165) is 0 Å². The molecule has 3 heterocycles. The number of hydrogen-bond acceptors (Lipinski definition) is 7. The first-order chi connectivity index (χ1) is 11.0. The van der Waals surface area contributed by atoms with Crippen molar-refractivity contribution in [1.82, 2.24) is 20.1 Å². The Morgan fingerprint density at radius 2 is 1.96 bits per heavy atom. The normalized spacial score (nSPS) is 15.9. The Labute approximate surface area is 129 Å². The summed E-state index contributed by atoms with van der Waals surface area (Å²) in [5.74, 6) is 0.774. The van der Waals surface area contributed by atoms with Crippen molar-refractivity contribution >= 4 is 5.82 Å². The van der Waals surface area contributed by atoms with Gasteiger partial charge in [0.15, 0.2) is 5.82 Å². The van der Waals surface area contributed by atoms with Crippen LogP contribution < -0.4 is 4.90 Å². The van der Waals surface area contributed by atoms with Crippen LogP contribution in [0.3, 0.4) is 0 Å². The van der Waals surface area contributed by atoms with Gasteiger partial charge in [-0.3, -0.25) is 0 Å². The highest BCUT2D eigenvalue weighted by Crippen LogP contribution is 2.23. The molecule has 3 rings (SSSR count). The summed E-state index contributed by atoms with van der Waals surface area (Å²) in [6.45, 7) is 2.64. The molecule has 7 nitrogen and oxygen atoms in total. The molecule has 0 radical (unpaired) electrons. The topological polar surface area (TPSA) is 77.2 Å². The van der Waals surface area contributed by atoms with E-state index in [1.165, 1.54) is 6.33 Å². The zero-order valence-electron chi connectivity index (χ0n) is 12.1. The van der Waals surface area contributed by atoms with Gasteiger partial charge in [0.25, 0.3) is 5.89 Å². The number of aryl methyl sites for hydroxylation is 1. The van der Waals surface area contributed by atoms with Crippen molar-refractivity contribution in [3.63, 3.8) is 0 Å². The van der Waals surface area contributed by atoms with E-state index in [-0.39, 0.29) is 18.1 Å². The highest BCUT2D eigenvalue weighted by molar-refractivity contribution is 5.53. The van der Waals surface area contributed by atoms with E-state index in [4.69, 9.17) is 9.26 Å². The van der Waals surface area contributed by atoms with Gasteiger partial charge in [-0.15, -0.1) is 0 Å². The minimum absolute atomic E-state index is 0.00357. The lowest BCUT2D eigenvalue weighted by Gasteiger charge is -2.27. The summed E-state index contributed by atoms with van der Waals surface area (Å²) >= 11 is 0. The lowest BCUT2D eigenvalue weighted by atomic mass is 10.3. The first-order valence-electron chi connectivity index (χ1n) is 7.06. The quantitative estimate of drug-likeness (QED) is 0.847. The molecule has 0 bridgehead atoms. The molecule has 1 saturated heterocycles. The molecule has 1 aliphatic rings. The third-order valence-corrected chi connectivity index (χ3v) is 3.31. The van der Waals surface area contributed by atoms with Crippen molar-refractivity contribution < 1.29 is 22.4 Å². The Hall–Kier alpha value is -2.23. The van der Waals surface area contributed by atoms with Gasteiger partial charge in [0.05, 0.1) is 19.6 Å². The average molecular weight is 329 g/mol. The Balaban J connectivity index is 1.73. The highest BCUT2D eigenvalue weighted by Gasteiger charge is 2.27. The third-order valence-electron chi connectivity index (χ3n) is 3.31. The van der Waals surface area contributed by atoms with Crippen molar-refractivity contribution in [3.05, 3.63) is 18.2 Å². The van der Waals surface area contributed by atoms with Gasteiger partial charge in [-0.05, 0) is 0 Å². The monoisotopic (exact) mass is 329 g/mol. The molecule has 1 fully saturated rings. The SMILES string of the molecule is FC(F)(F)CCc1noc(-c2cc(N3CCOCC3)ncn2)n1. The number of rotatable bonds is 4.